The van der Waals surface area contributed by atoms with Gasteiger partial charge in [0.2, 0.25) is 5.78 Å². The van der Waals surface area contributed by atoms with Gasteiger partial charge in [-0.1, -0.05) is 37.0 Å². The first-order chi connectivity index (χ1) is 11.8. The molecule has 0 bridgehead atoms. The monoisotopic (exact) mass is 318 g/mol. The van der Waals surface area contributed by atoms with Gasteiger partial charge in [-0.15, -0.1) is 0 Å². The summed E-state index contributed by atoms with van der Waals surface area (Å²) in [6, 6.07) is 10.6. The summed E-state index contributed by atoms with van der Waals surface area (Å²) in [6.07, 6.45) is 8.78. The summed E-state index contributed by atoms with van der Waals surface area (Å²) >= 11 is 0. The molecule has 0 aliphatic heterocycles. The second-order valence-corrected chi connectivity index (χ2v) is 5.93. The van der Waals surface area contributed by atoms with Gasteiger partial charge in [0.15, 0.2) is 0 Å². The van der Waals surface area contributed by atoms with Crippen molar-refractivity contribution in [2.45, 2.75) is 32.9 Å². The van der Waals surface area contributed by atoms with E-state index in [9.17, 15) is 0 Å². The highest BCUT2D eigenvalue weighted by molar-refractivity contribution is 5.34. The molecule has 0 amide bonds. The number of imidazole rings is 1. The van der Waals surface area contributed by atoms with E-state index in [0.717, 1.165) is 30.9 Å². The van der Waals surface area contributed by atoms with Crippen molar-refractivity contribution in [3.63, 3.8) is 0 Å². The molecular formula is C20H22N4. The van der Waals surface area contributed by atoms with E-state index in [1.54, 1.807) is 6.20 Å². The molecule has 3 rings (SSSR count). The molecule has 0 aliphatic carbocycles. The van der Waals surface area contributed by atoms with Crippen molar-refractivity contribution in [3.8, 4) is 11.8 Å². The minimum Gasteiger partial charge on any atom is -0.291 e. The predicted octanol–water partition coefficient (Wildman–Crippen LogP) is 3.38. The maximum atomic E-state index is 4.40. The fourth-order valence-corrected chi connectivity index (χ4v) is 2.57. The molecule has 1 aromatic carbocycles. The smallest absolute Gasteiger partial charge is 0.233 e. The van der Waals surface area contributed by atoms with Crippen LogP contribution < -0.4 is 0 Å². The molecule has 0 saturated heterocycles. The van der Waals surface area contributed by atoms with Crippen LogP contribution in [-0.4, -0.2) is 31.9 Å². The Kier molecular flexibility index (Phi) is 5.25. The van der Waals surface area contributed by atoms with E-state index in [1.165, 1.54) is 5.56 Å². The molecule has 0 spiro atoms. The minimum atomic E-state index is 0.466. The summed E-state index contributed by atoms with van der Waals surface area (Å²) in [5, 5.41) is 0. The lowest BCUT2D eigenvalue weighted by Gasteiger charge is -2.26. The molecule has 24 heavy (non-hydrogen) atoms. The third kappa shape index (κ3) is 4.01. The molecule has 3 aromatic rings. The Balaban J connectivity index is 1.73. The van der Waals surface area contributed by atoms with Crippen molar-refractivity contribution in [2.24, 2.45) is 0 Å². The van der Waals surface area contributed by atoms with Gasteiger partial charge in [-0.2, -0.15) is 0 Å². The Hall–Kier alpha value is -2.64. The molecule has 0 saturated carbocycles. The third-order valence-electron chi connectivity index (χ3n) is 4.19. The van der Waals surface area contributed by atoms with Crippen molar-refractivity contribution < 1.29 is 0 Å². The largest absolute Gasteiger partial charge is 0.291 e. The van der Waals surface area contributed by atoms with E-state index in [0.29, 0.717) is 6.04 Å². The molecular weight excluding hydrogens is 296 g/mol. The first kappa shape index (κ1) is 16.2. The van der Waals surface area contributed by atoms with E-state index in [-0.39, 0.29) is 0 Å². The number of aromatic nitrogens is 3. The maximum Gasteiger partial charge on any atom is 0.233 e. The first-order valence-electron chi connectivity index (χ1n) is 8.32. The van der Waals surface area contributed by atoms with Gasteiger partial charge in [0.25, 0.3) is 0 Å². The first-order valence-corrected chi connectivity index (χ1v) is 8.32. The molecule has 4 nitrogen and oxygen atoms in total. The SMILES string of the molecule is CCC(C)N(CC#Cc1ccccc1)Cc1cnc2nccn2c1. The van der Waals surface area contributed by atoms with Gasteiger partial charge in [-0.25, -0.2) is 9.97 Å². The van der Waals surface area contributed by atoms with Gasteiger partial charge in [-0.05, 0) is 25.5 Å². The van der Waals surface area contributed by atoms with Crippen LogP contribution in [0.4, 0.5) is 0 Å². The van der Waals surface area contributed by atoms with Crippen LogP contribution in [0.1, 0.15) is 31.4 Å². The highest BCUT2D eigenvalue weighted by Gasteiger charge is 2.12. The topological polar surface area (TPSA) is 33.4 Å². The second-order valence-electron chi connectivity index (χ2n) is 5.93. The lowest BCUT2D eigenvalue weighted by molar-refractivity contribution is 0.220. The van der Waals surface area contributed by atoms with Crippen LogP contribution in [0.15, 0.2) is 55.1 Å². The number of fused-ring (bicyclic) bond motifs is 1. The van der Waals surface area contributed by atoms with Crippen LogP contribution in [0.2, 0.25) is 0 Å². The van der Waals surface area contributed by atoms with Gasteiger partial charge < -0.3 is 0 Å². The Morgan fingerprint density at radius 3 is 2.83 bits per heavy atom. The van der Waals surface area contributed by atoms with Crippen molar-refractivity contribution >= 4 is 5.78 Å². The van der Waals surface area contributed by atoms with Gasteiger partial charge >= 0.3 is 0 Å². The predicted molar refractivity (Wildman–Crippen MR) is 96.5 cm³/mol. The molecule has 0 aliphatic rings. The molecule has 1 unspecified atom stereocenters. The summed E-state index contributed by atoms with van der Waals surface area (Å²) in [5.74, 6) is 7.28. The van der Waals surface area contributed by atoms with E-state index >= 15 is 0 Å². The average molecular weight is 318 g/mol. The van der Waals surface area contributed by atoms with Crippen LogP contribution in [-0.2, 0) is 6.54 Å². The van der Waals surface area contributed by atoms with Gasteiger partial charge in [0.1, 0.15) is 0 Å². The lowest BCUT2D eigenvalue weighted by Crippen LogP contribution is -2.32. The summed E-state index contributed by atoms with van der Waals surface area (Å²) in [4.78, 5) is 11.0. The van der Waals surface area contributed by atoms with Crippen molar-refractivity contribution in [2.75, 3.05) is 6.54 Å². The summed E-state index contributed by atoms with van der Waals surface area (Å²) in [5.41, 5.74) is 2.23. The van der Waals surface area contributed by atoms with E-state index in [4.69, 9.17) is 0 Å². The quantitative estimate of drug-likeness (QED) is 0.676. The molecule has 122 valence electrons. The minimum absolute atomic E-state index is 0.466. The van der Waals surface area contributed by atoms with Gasteiger partial charge in [-0.3, -0.25) is 9.30 Å². The summed E-state index contributed by atoms with van der Waals surface area (Å²) in [7, 11) is 0. The Morgan fingerprint density at radius 2 is 2.04 bits per heavy atom. The fourth-order valence-electron chi connectivity index (χ4n) is 2.57. The second kappa shape index (κ2) is 7.76. The van der Waals surface area contributed by atoms with E-state index in [1.807, 2.05) is 47.1 Å². The van der Waals surface area contributed by atoms with Gasteiger partial charge in [0.05, 0.1) is 6.54 Å². The van der Waals surface area contributed by atoms with Gasteiger partial charge in [0, 0.05) is 48.5 Å². The number of rotatable bonds is 5. The molecule has 0 radical (unpaired) electrons. The normalized spacial score (nSPS) is 12.1. The number of hydrogen-bond acceptors (Lipinski definition) is 3. The fraction of sp³-hybridized carbons (Fsp3) is 0.300. The summed E-state index contributed by atoms with van der Waals surface area (Å²) in [6.45, 7) is 6.03. The number of benzene rings is 1. The van der Waals surface area contributed by atoms with Crippen molar-refractivity contribution in [1.82, 2.24) is 19.3 Å². The molecule has 2 aromatic heterocycles. The maximum absolute atomic E-state index is 4.40. The molecule has 0 N–H and O–H groups in total. The zero-order chi connectivity index (χ0) is 16.8. The average Bonchev–Trinajstić information content (AvgIpc) is 3.09. The standard InChI is InChI=1S/C20H22N4/c1-3-17(2)23(12-7-10-18-8-5-4-6-9-18)15-19-14-22-20-21-11-13-24(20)16-19/h4-6,8-9,11,13-14,16-17H,3,12,15H2,1-2H3. The van der Waals surface area contributed by atoms with E-state index in [2.05, 4.69) is 46.8 Å². The lowest BCUT2D eigenvalue weighted by atomic mass is 10.2. The van der Waals surface area contributed by atoms with E-state index < -0.39 is 0 Å². The van der Waals surface area contributed by atoms with Crippen LogP contribution in [0.25, 0.3) is 5.78 Å². The van der Waals surface area contributed by atoms with Crippen molar-refractivity contribution in [1.29, 1.82) is 0 Å². The van der Waals surface area contributed by atoms with Crippen LogP contribution >= 0.6 is 0 Å². The number of hydrogen-bond donors (Lipinski definition) is 0. The van der Waals surface area contributed by atoms with Crippen molar-refractivity contribution in [3.05, 3.63) is 66.2 Å². The zero-order valence-electron chi connectivity index (χ0n) is 14.2. The zero-order valence-corrected chi connectivity index (χ0v) is 14.2. The molecule has 4 heteroatoms. The van der Waals surface area contributed by atoms with Crippen LogP contribution in [0.5, 0.6) is 0 Å². The Labute approximate surface area is 143 Å². The van der Waals surface area contributed by atoms with Crippen LogP contribution in [0, 0.1) is 11.8 Å². The Morgan fingerprint density at radius 1 is 1.21 bits per heavy atom. The molecule has 1 atom stereocenters. The summed E-state index contributed by atoms with van der Waals surface area (Å²) < 4.78 is 1.96. The number of nitrogens with zero attached hydrogens (tertiary/aromatic N) is 4. The molecule has 2 heterocycles. The highest BCUT2D eigenvalue weighted by atomic mass is 15.1. The Bertz CT molecular complexity index is 842. The van der Waals surface area contributed by atoms with Crippen LogP contribution in [0.3, 0.4) is 0 Å². The molecule has 0 fully saturated rings. The third-order valence-corrected chi connectivity index (χ3v) is 4.19. The highest BCUT2D eigenvalue weighted by Crippen LogP contribution is 2.10.